The zero-order chi connectivity index (χ0) is 22.2. The van der Waals surface area contributed by atoms with Crippen molar-refractivity contribution in [1.82, 2.24) is 5.32 Å². The van der Waals surface area contributed by atoms with Crippen LogP contribution in [0, 0.1) is 11.3 Å². The summed E-state index contributed by atoms with van der Waals surface area (Å²) < 4.78 is 6.75. The number of amides is 1. The third-order valence-electron chi connectivity index (χ3n) is 4.29. The predicted octanol–water partition coefficient (Wildman–Crippen LogP) is 6.56. The van der Waals surface area contributed by atoms with E-state index in [1.54, 1.807) is 12.1 Å². The maximum Gasteiger partial charge on any atom is 0.262 e. The number of hydrogen-bond acceptors (Lipinski definition) is 3. The minimum atomic E-state index is -0.478. The Morgan fingerprint density at radius 1 is 1.03 bits per heavy atom. The number of benzene rings is 3. The van der Waals surface area contributed by atoms with Gasteiger partial charge in [-0.25, -0.2) is 0 Å². The Morgan fingerprint density at radius 2 is 1.68 bits per heavy atom. The molecule has 0 bridgehead atoms. The topological polar surface area (TPSA) is 62.1 Å². The highest BCUT2D eigenvalue weighted by Crippen LogP contribution is 2.35. The molecule has 0 aliphatic rings. The molecule has 7 heteroatoms. The van der Waals surface area contributed by atoms with Crippen molar-refractivity contribution in [1.29, 1.82) is 5.26 Å². The van der Waals surface area contributed by atoms with Crippen molar-refractivity contribution >= 4 is 51.1 Å². The number of nitrogens with one attached hydrogen (secondary N) is 1. The number of carbonyl (C=O) groups is 1. The van der Waals surface area contributed by atoms with E-state index in [1.807, 2.05) is 60.7 Å². The van der Waals surface area contributed by atoms with Gasteiger partial charge in [-0.1, -0.05) is 81.6 Å². The maximum atomic E-state index is 12.4. The van der Waals surface area contributed by atoms with E-state index in [0.29, 0.717) is 24.5 Å². The fourth-order valence-corrected chi connectivity index (χ4v) is 3.60. The zero-order valence-electron chi connectivity index (χ0n) is 16.2. The van der Waals surface area contributed by atoms with Crippen LogP contribution in [0.4, 0.5) is 0 Å². The summed E-state index contributed by atoms with van der Waals surface area (Å²) in [5, 5.41) is 12.7. The summed E-state index contributed by atoms with van der Waals surface area (Å²) >= 11 is 16.1. The van der Waals surface area contributed by atoms with Crippen LogP contribution in [0.15, 0.2) is 76.8 Å². The van der Waals surface area contributed by atoms with Crippen LogP contribution in [-0.4, -0.2) is 5.91 Å². The molecule has 3 aromatic rings. The zero-order valence-corrected chi connectivity index (χ0v) is 19.3. The molecule has 0 aliphatic heterocycles. The van der Waals surface area contributed by atoms with Crippen LogP contribution in [-0.2, 0) is 17.9 Å². The molecule has 156 valence electrons. The highest BCUT2D eigenvalue weighted by atomic mass is 79.9. The van der Waals surface area contributed by atoms with Crippen molar-refractivity contribution in [2.45, 2.75) is 13.2 Å². The smallest absolute Gasteiger partial charge is 0.262 e. The van der Waals surface area contributed by atoms with Gasteiger partial charge in [0.15, 0.2) is 5.75 Å². The lowest BCUT2D eigenvalue weighted by Crippen LogP contribution is -2.23. The summed E-state index contributed by atoms with van der Waals surface area (Å²) in [4.78, 5) is 12.4. The Morgan fingerprint density at radius 3 is 2.29 bits per heavy atom. The number of nitrogens with zero attached hydrogens (tertiary/aromatic N) is 1. The minimum Gasteiger partial charge on any atom is -0.486 e. The Hall–Kier alpha value is -2.78. The molecule has 1 N–H and O–H groups in total. The Balaban J connectivity index is 1.71. The van der Waals surface area contributed by atoms with Gasteiger partial charge in [0, 0.05) is 11.0 Å². The van der Waals surface area contributed by atoms with Gasteiger partial charge in [0.1, 0.15) is 18.2 Å². The quantitative estimate of drug-likeness (QED) is 0.286. The van der Waals surface area contributed by atoms with Crippen molar-refractivity contribution in [3.8, 4) is 11.8 Å². The van der Waals surface area contributed by atoms with Gasteiger partial charge in [-0.15, -0.1) is 0 Å². The molecule has 0 radical (unpaired) electrons. The number of hydrogen-bond donors (Lipinski definition) is 1. The summed E-state index contributed by atoms with van der Waals surface area (Å²) in [7, 11) is 0. The molecule has 0 saturated carbocycles. The van der Waals surface area contributed by atoms with E-state index < -0.39 is 5.91 Å². The number of halogens is 3. The van der Waals surface area contributed by atoms with Crippen LogP contribution < -0.4 is 10.1 Å². The molecule has 0 fully saturated rings. The highest BCUT2D eigenvalue weighted by Gasteiger charge is 2.13. The SMILES string of the molecule is N#C/C(=C/c1cc(Cl)c(OCc2ccc(Br)cc2)c(Cl)c1)C(=O)NCc1ccccc1. The fraction of sp³-hybridized carbons (Fsp3) is 0.0833. The van der Waals surface area contributed by atoms with E-state index in [1.165, 1.54) is 6.08 Å². The van der Waals surface area contributed by atoms with Crippen LogP contribution in [0.3, 0.4) is 0 Å². The van der Waals surface area contributed by atoms with Gasteiger partial charge < -0.3 is 10.1 Å². The van der Waals surface area contributed by atoms with Gasteiger partial charge >= 0.3 is 0 Å². The van der Waals surface area contributed by atoms with E-state index in [4.69, 9.17) is 27.9 Å². The first kappa shape index (κ1) is 22.9. The van der Waals surface area contributed by atoms with E-state index >= 15 is 0 Å². The van der Waals surface area contributed by atoms with Crippen molar-refractivity contribution in [3.05, 3.63) is 104 Å². The lowest BCUT2D eigenvalue weighted by atomic mass is 10.1. The van der Waals surface area contributed by atoms with E-state index in [9.17, 15) is 10.1 Å². The molecule has 31 heavy (non-hydrogen) atoms. The Kier molecular flexibility index (Phi) is 8.13. The minimum absolute atomic E-state index is 0.0494. The molecule has 1 amide bonds. The predicted molar refractivity (Wildman–Crippen MR) is 127 cm³/mol. The first-order chi connectivity index (χ1) is 15.0. The van der Waals surface area contributed by atoms with Gasteiger partial charge in [-0.3, -0.25) is 4.79 Å². The van der Waals surface area contributed by atoms with Crippen molar-refractivity contribution in [3.63, 3.8) is 0 Å². The third kappa shape index (κ3) is 6.60. The second-order valence-corrected chi connectivity index (χ2v) is 8.30. The Labute approximate surface area is 199 Å². The molecular weight excluding hydrogens is 499 g/mol. The number of carbonyl (C=O) groups excluding carboxylic acids is 1. The molecule has 0 saturated heterocycles. The van der Waals surface area contributed by atoms with Crippen LogP contribution in [0.25, 0.3) is 6.08 Å². The standard InChI is InChI=1S/C24H17BrCl2N2O2/c25-20-8-6-17(7-9-20)15-31-23-21(26)11-18(12-22(23)27)10-19(13-28)24(30)29-14-16-4-2-1-3-5-16/h1-12H,14-15H2,(H,29,30)/b19-10-. The fourth-order valence-electron chi connectivity index (χ4n) is 2.73. The van der Waals surface area contributed by atoms with Gasteiger partial charge in [0.05, 0.1) is 10.0 Å². The number of nitriles is 1. The average Bonchev–Trinajstić information content (AvgIpc) is 2.77. The maximum absolute atomic E-state index is 12.4. The average molecular weight is 516 g/mol. The summed E-state index contributed by atoms with van der Waals surface area (Å²) in [6.07, 6.45) is 1.44. The third-order valence-corrected chi connectivity index (χ3v) is 5.38. The molecule has 0 unspecified atom stereocenters. The second-order valence-electron chi connectivity index (χ2n) is 6.57. The van der Waals surface area contributed by atoms with E-state index in [0.717, 1.165) is 15.6 Å². The first-order valence-corrected chi connectivity index (χ1v) is 10.8. The van der Waals surface area contributed by atoms with Gasteiger partial charge in [-0.05, 0) is 47.0 Å². The molecule has 4 nitrogen and oxygen atoms in total. The van der Waals surface area contributed by atoms with E-state index in [-0.39, 0.29) is 15.6 Å². The lowest BCUT2D eigenvalue weighted by molar-refractivity contribution is -0.117. The van der Waals surface area contributed by atoms with Crippen LogP contribution in [0.2, 0.25) is 10.0 Å². The van der Waals surface area contributed by atoms with Crippen LogP contribution >= 0.6 is 39.1 Å². The second kappa shape index (κ2) is 11.0. The van der Waals surface area contributed by atoms with Gasteiger partial charge in [0.2, 0.25) is 0 Å². The van der Waals surface area contributed by atoms with Crippen molar-refractivity contribution < 1.29 is 9.53 Å². The molecule has 0 atom stereocenters. The van der Waals surface area contributed by atoms with E-state index in [2.05, 4.69) is 21.2 Å². The molecule has 0 spiro atoms. The largest absolute Gasteiger partial charge is 0.486 e. The molecule has 3 aromatic carbocycles. The number of rotatable bonds is 7. The molecule has 0 aliphatic carbocycles. The first-order valence-electron chi connectivity index (χ1n) is 9.26. The lowest BCUT2D eigenvalue weighted by Gasteiger charge is -2.11. The Bertz CT molecular complexity index is 1120. The highest BCUT2D eigenvalue weighted by molar-refractivity contribution is 9.10. The van der Waals surface area contributed by atoms with Crippen LogP contribution in [0.1, 0.15) is 16.7 Å². The monoisotopic (exact) mass is 514 g/mol. The van der Waals surface area contributed by atoms with Gasteiger partial charge in [0.25, 0.3) is 5.91 Å². The summed E-state index contributed by atoms with van der Waals surface area (Å²) in [5.41, 5.74) is 2.37. The summed E-state index contributed by atoms with van der Waals surface area (Å²) in [6, 6.07) is 22.3. The van der Waals surface area contributed by atoms with Gasteiger partial charge in [-0.2, -0.15) is 5.26 Å². The molecule has 0 heterocycles. The summed E-state index contributed by atoms with van der Waals surface area (Å²) in [5.74, 6) is -0.135. The molecule has 0 aromatic heterocycles. The summed E-state index contributed by atoms with van der Waals surface area (Å²) in [6.45, 7) is 0.621. The normalized spacial score (nSPS) is 11.0. The van der Waals surface area contributed by atoms with Crippen molar-refractivity contribution in [2.24, 2.45) is 0 Å². The van der Waals surface area contributed by atoms with Crippen LogP contribution in [0.5, 0.6) is 5.75 Å². The molecule has 3 rings (SSSR count). The number of ether oxygens (including phenoxy) is 1. The molecular formula is C24H17BrCl2N2O2. The van der Waals surface area contributed by atoms with Crippen molar-refractivity contribution in [2.75, 3.05) is 0 Å².